The number of amides is 1. The quantitative estimate of drug-likeness (QED) is 0.370. The van der Waals surface area contributed by atoms with Gasteiger partial charge in [-0.15, -0.1) is 4.80 Å². The van der Waals surface area contributed by atoms with E-state index >= 15 is 0 Å². The molecule has 1 aromatic carbocycles. The lowest BCUT2D eigenvalue weighted by Gasteiger charge is -2.16. The molecule has 5 N–H and O–H groups in total. The van der Waals surface area contributed by atoms with Gasteiger partial charge in [0.2, 0.25) is 5.82 Å². The molecule has 0 saturated heterocycles. The van der Waals surface area contributed by atoms with E-state index in [0.29, 0.717) is 6.42 Å². The van der Waals surface area contributed by atoms with Crippen LogP contribution in [0.5, 0.6) is 0 Å². The number of fused-ring (bicyclic) bond motifs is 1. The van der Waals surface area contributed by atoms with Crippen LogP contribution in [0.15, 0.2) is 42.9 Å². The number of carbonyl (C=O) groups is 1. The van der Waals surface area contributed by atoms with E-state index in [1.54, 1.807) is 0 Å². The number of aromatic nitrogens is 6. The van der Waals surface area contributed by atoms with Crippen LogP contribution in [0.3, 0.4) is 0 Å². The summed E-state index contributed by atoms with van der Waals surface area (Å²) in [6.07, 6.45) is 5.18. The van der Waals surface area contributed by atoms with Crippen molar-refractivity contribution in [3.63, 3.8) is 0 Å². The zero-order valence-corrected chi connectivity index (χ0v) is 15.8. The number of hydrogen-bond acceptors (Lipinski definition) is 7. The van der Waals surface area contributed by atoms with Crippen molar-refractivity contribution in [2.24, 2.45) is 0 Å². The summed E-state index contributed by atoms with van der Waals surface area (Å²) >= 11 is 6.12. The molecule has 0 fully saturated rings. The van der Waals surface area contributed by atoms with Crippen LogP contribution in [-0.2, 0) is 6.42 Å². The number of nitrogens with one attached hydrogen (secondary N) is 2. The molecule has 1 amide bonds. The summed E-state index contributed by atoms with van der Waals surface area (Å²) < 4.78 is 0. The van der Waals surface area contributed by atoms with Crippen molar-refractivity contribution in [2.75, 3.05) is 12.3 Å². The molecular formula is C18H17ClN8O2. The predicted molar refractivity (Wildman–Crippen MR) is 107 cm³/mol. The first-order valence-electron chi connectivity index (χ1n) is 8.73. The van der Waals surface area contributed by atoms with Crippen molar-refractivity contribution in [3.8, 4) is 5.82 Å². The third kappa shape index (κ3) is 3.75. The molecule has 0 aliphatic heterocycles. The van der Waals surface area contributed by atoms with E-state index in [-0.39, 0.29) is 29.1 Å². The second kappa shape index (κ2) is 7.86. The molecule has 4 rings (SSSR count). The van der Waals surface area contributed by atoms with Gasteiger partial charge in [-0.2, -0.15) is 10.2 Å². The van der Waals surface area contributed by atoms with Crippen molar-refractivity contribution in [2.45, 2.75) is 12.5 Å². The number of benzene rings is 1. The summed E-state index contributed by atoms with van der Waals surface area (Å²) in [7, 11) is 0. The minimum Gasteiger partial charge on any atom is -0.394 e. The fourth-order valence-corrected chi connectivity index (χ4v) is 3.22. The first-order chi connectivity index (χ1) is 14.1. The van der Waals surface area contributed by atoms with Gasteiger partial charge in [0.05, 0.1) is 25.0 Å². The molecule has 0 spiro atoms. The zero-order valence-electron chi connectivity index (χ0n) is 15.1. The van der Waals surface area contributed by atoms with Crippen molar-refractivity contribution in [3.05, 3.63) is 59.3 Å². The highest BCUT2D eigenvalue weighted by Gasteiger charge is 2.22. The van der Waals surface area contributed by atoms with Crippen molar-refractivity contribution >= 4 is 34.2 Å². The van der Waals surface area contributed by atoms with Crippen LogP contribution in [0.4, 0.5) is 5.82 Å². The fraction of sp³-hybridized carbons (Fsp3) is 0.167. The van der Waals surface area contributed by atoms with E-state index < -0.39 is 11.9 Å². The first-order valence-corrected chi connectivity index (χ1v) is 9.11. The number of halogens is 1. The third-order valence-electron chi connectivity index (χ3n) is 4.38. The van der Waals surface area contributed by atoms with Crippen molar-refractivity contribution in [1.82, 2.24) is 35.3 Å². The van der Waals surface area contributed by atoms with Crippen molar-refractivity contribution in [1.29, 1.82) is 0 Å². The maximum absolute atomic E-state index is 12.7. The molecule has 0 radical (unpaired) electrons. The number of para-hydroxylation sites is 1. The van der Waals surface area contributed by atoms with Gasteiger partial charge in [0, 0.05) is 17.1 Å². The molecule has 0 bridgehead atoms. The highest BCUT2D eigenvalue weighted by molar-refractivity contribution is 6.31. The first kappa shape index (κ1) is 18.8. The monoisotopic (exact) mass is 412 g/mol. The maximum Gasteiger partial charge on any atom is 0.274 e. The maximum atomic E-state index is 12.7. The molecule has 0 aliphatic carbocycles. The van der Waals surface area contributed by atoms with Crippen molar-refractivity contribution < 1.29 is 9.90 Å². The van der Waals surface area contributed by atoms with Crippen LogP contribution < -0.4 is 11.1 Å². The number of hydrogen-bond donors (Lipinski definition) is 4. The van der Waals surface area contributed by atoms with Crippen LogP contribution in [-0.4, -0.2) is 53.6 Å². The molecule has 1 atom stereocenters. The average Bonchev–Trinajstić information content (AvgIpc) is 3.39. The van der Waals surface area contributed by atoms with E-state index in [9.17, 15) is 9.90 Å². The van der Waals surface area contributed by atoms with E-state index in [1.807, 2.05) is 30.5 Å². The lowest BCUT2D eigenvalue weighted by atomic mass is 10.1. The lowest BCUT2D eigenvalue weighted by molar-refractivity contribution is 0.0912. The van der Waals surface area contributed by atoms with Gasteiger partial charge in [0.25, 0.3) is 5.91 Å². The Morgan fingerprint density at radius 2 is 2.03 bits per heavy atom. The van der Waals surface area contributed by atoms with Gasteiger partial charge < -0.3 is 21.1 Å². The fourth-order valence-electron chi connectivity index (χ4n) is 3.02. The highest BCUT2D eigenvalue weighted by atomic mass is 35.5. The number of nitrogen functional groups attached to an aromatic ring is 1. The summed E-state index contributed by atoms with van der Waals surface area (Å²) in [5.74, 6) is -0.595. The van der Waals surface area contributed by atoms with E-state index in [1.165, 1.54) is 12.4 Å². The summed E-state index contributed by atoms with van der Waals surface area (Å²) in [5.41, 5.74) is 7.71. The molecular weight excluding hydrogens is 396 g/mol. The Hall–Kier alpha value is -3.50. The average molecular weight is 413 g/mol. The van der Waals surface area contributed by atoms with Gasteiger partial charge in [-0.3, -0.25) is 4.79 Å². The third-order valence-corrected chi connectivity index (χ3v) is 4.64. The van der Waals surface area contributed by atoms with Gasteiger partial charge in [0.15, 0.2) is 16.7 Å². The SMILES string of the molecule is Nc1nc(-n2nccn2)c(Cl)nc1C(=O)NC(CO)Cc1c[nH]c2ccccc12. The van der Waals surface area contributed by atoms with Crippen LogP contribution in [0, 0.1) is 0 Å². The van der Waals surface area contributed by atoms with E-state index in [4.69, 9.17) is 17.3 Å². The number of H-pyrrole nitrogens is 1. The molecule has 4 aromatic rings. The number of rotatable bonds is 6. The summed E-state index contributed by atoms with van der Waals surface area (Å²) in [6, 6.07) is 7.25. The molecule has 0 saturated carbocycles. The van der Waals surface area contributed by atoms with Gasteiger partial charge in [-0.1, -0.05) is 29.8 Å². The zero-order chi connectivity index (χ0) is 20.4. The minimum absolute atomic E-state index is 0.0715. The lowest BCUT2D eigenvalue weighted by Crippen LogP contribution is -2.40. The number of anilines is 1. The Balaban J connectivity index is 1.54. The number of nitrogens with zero attached hydrogens (tertiary/aromatic N) is 5. The van der Waals surface area contributed by atoms with Gasteiger partial charge >= 0.3 is 0 Å². The summed E-state index contributed by atoms with van der Waals surface area (Å²) in [5, 5.41) is 21.3. The van der Waals surface area contributed by atoms with Crippen LogP contribution >= 0.6 is 11.6 Å². The molecule has 29 heavy (non-hydrogen) atoms. The van der Waals surface area contributed by atoms with Gasteiger partial charge in [-0.25, -0.2) is 9.97 Å². The largest absolute Gasteiger partial charge is 0.394 e. The molecule has 10 nitrogen and oxygen atoms in total. The topological polar surface area (TPSA) is 148 Å². The summed E-state index contributed by atoms with van der Waals surface area (Å²) in [6.45, 7) is -0.262. The van der Waals surface area contributed by atoms with Gasteiger partial charge in [-0.05, 0) is 18.1 Å². The number of aromatic amines is 1. The Morgan fingerprint density at radius 1 is 1.28 bits per heavy atom. The van der Waals surface area contributed by atoms with E-state index in [2.05, 4.69) is 30.5 Å². The van der Waals surface area contributed by atoms with E-state index in [0.717, 1.165) is 21.3 Å². The molecule has 1 unspecified atom stereocenters. The second-order valence-corrected chi connectivity index (χ2v) is 6.66. The van der Waals surface area contributed by atoms with Crippen LogP contribution in [0.1, 0.15) is 16.1 Å². The predicted octanol–water partition coefficient (Wildman–Crippen LogP) is 1.11. The molecule has 11 heteroatoms. The minimum atomic E-state index is -0.587. The smallest absolute Gasteiger partial charge is 0.274 e. The van der Waals surface area contributed by atoms with Crippen LogP contribution in [0.2, 0.25) is 5.15 Å². The standard InChI is InChI=1S/C18H17ClN8O2/c19-15-17(27-22-5-6-23-27)26-16(20)14(25-15)18(29)24-11(9-28)7-10-8-21-13-4-2-1-3-12(10)13/h1-6,8,11,21,28H,7,9H2,(H2,20,26)(H,24,29). The van der Waals surface area contributed by atoms with Crippen LogP contribution in [0.25, 0.3) is 16.7 Å². The number of aliphatic hydroxyl groups excluding tert-OH is 1. The Kier molecular flexibility index (Phi) is 5.10. The highest BCUT2D eigenvalue weighted by Crippen LogP contribution is 2.20. The Bertz CT molecular complexity index is 1160. The molecule has 0 aliphatic rings. The number of aliphatic hydroxyl groups is 1. The summed E-state index contributed by atoms with van der Waals surface area (Å²) in [4.78, 5) is 25.1. The number of nitrogens with two attached hydrogens (primary N) is 1. The molecule has 3 heterocycles. The molecule has 3 aromatic heterocycles. The van der Waals surface area contributed by atoms with Gasteiger partial charge in [0.1, 0.15) is 0 Å². The second-order valence-electron chi connectivity index (χ2n) is 6.31. The number of carbonyl (C=O) groups excluding carboxylic acids is 1. The molecule has 148 valence electrons. The Labute approximate surface area is 169 Å². The Morgan fingerprint density at radius 3 is 2.79 bits per heavy atom. The normalized spacial score (nSPS) is 12.2.